The Morgan fingerprint density at radius 3 is 2.68 bits per heavy atom. The lowest BCUT2D eigenvalue weighted by atomic mass is 10.3. The summed E-state index contributed by atoms with van der Waals surface area (Å²) in [5, 5.41) is 0. The molecule has 0 aliphatic carbocycles. The Hall–Kier alpha value is -1.94. The molecule has 3 rings (SSSR count). The van der Waals surface area contributed by atoms with Crippen molar-refractivity contribution < 1.29 is 23.0 Å². The zero-order chi connectivity index (χ0) is 19.8. The van der Waals surface area contributed by atoms with Crippen molar-refractivity contribution in [1.29, 1.82) is 0 Å². The van der Waals surface area contributed by atoms with E-state index in [0.29, 0.717) is 26.4 Å². The Balaban J connectivity index is 1.30. The van der Waals surface area contributed by atoms with E-state index in [9.17, 15) is 8.78 Å². The molecule has 1 fully saturated rings. The lowest BCUT2D eigenvalue weighted by Gasteiger charge is -2.32. The summed E-state index contributed by atoms with van der Waals surface area (Å²) in [5.74, 6) is 0.158. The van der Waals surface area contributed by atoms with Crippen molar-refractivity contribution in [3.05, 3.63) is 36.7 Å². The van der Waals surface area contributed by atoms with Gasteiger partial charge in [-0.25, -0.2) is 0 Å². The van der Waals surface area contributed by atoms with Gasteiger partial charge in [0.1, 0.15) is 5.75 Å². The van der Waals surface area contributed by atoms with E-state index in [1.807, 2.05) is 17.3 Å². The van der Waals surface area contributed by atoms with Crippen LogP contribution in [0.15, 0.2) is 36.7 Å². The zero-order valence-corrected chi connectivity index (χ0v) is 15.9. The van der Waals surface area contributed by atoms with Gasteiger partial charge in [0, 0.05) is 50.8 Å². The third-order valence-corrected chi connectivity index (χ3v) is 4.75. The number of hydrogen-bond donors (Lipinski definition) is 1. The van der Waals surface area contributed by atoms with Gasteiger partial charge in [0.05, 0.1) is 32.6 Å². The van der Waals surface area contributed by atoms with Gasteiger partial charge in [0.25, 0.3) is 0 Å². The Morgan fingerprint density at radius 2 is 1.93 bits per heavy atom. The highest BCUT2D eigenvalue weighted by atomic mass is 19.3. The number of hydrogen-bond acceptors (Lipinski definition) is 7. The van der Waals surface area contributed by atoms with Crippen molar-refractivity contribution in [3.8, 4) is 5.75 Å². The maximum absolute atomic E-state index is 12.2. The van der Waals surface area contributed by atoms with Crippen molar-refractivity contribution >= 4 is 5.69 Å². The van der Waals surface area contributed by atoms with Gasteiger partial charge >= 0.3 is 6.61 Å². The maximum atomic E-state index is 12.2. The number of rotatable bonds is 10. The molecule has 1 unspecified atom stereocenters. The van der Waals surface area contributed by atoms with Gasteiger partial charge in [-0.15, -0.1) is 0 Å². The fourth-order valence-electron chi connectivity index (χ4n) is 3.20. The van der Waals surface area contributed by atoms with Gasteiger partial charge in [-0.3, -0.25) is 4.90 Å². The lowest BCUT2D eigenvalue weighted by Crippen LogP contribution is -2.46. The average Bonchev–Trinajstić information content (AvgIpc) is 3.17. The van der Waals surface area contributed by atoms with Crippen LogP contribution in [0.1, 0.15) is 0 Å². The SMILES string of the molecule is NCC1CN(CCOCCN2C=CN(c3ccc(OC(F)F)cc3)C2)CCO1. The van der Waals surface area contributed by atoms with E-state index in [0.717, 1.165) is 38.5 Å². The zero-order valence-electron chi connectivity index (χ0n) is 15.9. The summed E-state index contributed by atoms with van der Waals surface area (Å²) in [5.41, 5.74) is 6.58. The second-order valence-corrected chi connectivity index (χ2v) is 6.74. The van der Waals surface area contributed by atoms with E-state index in [1.54, 1.807) is 24.3 Å². The molecular weight excluding hydrogens is 370 g/mol. The van der Waals surface area contributed by atoms with Gasteiger partial charge in [-0.2, -0.15) is 8.78 Å². The minimum Gasteiger partial charge on any atom is -0.435 e. The molecule has 0 saturated carbocycles. The smallest absolute Gasteiger partial charge is 0.387 e. The van der Waals surface area contributed by atoms with Crippen molar-refractivity contribution in [2.24, 2.45) is 5.73 Å². The first kappa shape index (κ1) is 20.8. The summed E-state index contributed by atoms with van der Waals surface area (Å²) in [6.07, 6.45) is 4.09. The molecule has 2 aliphatic heterocycles. The van der Waals surface area contributed by atoms with Gasteiger partial charge in [0.2, 0.25) is 0 Å². The largest absolute Gasteiger partial charge is 0.435 e. The first-order valence-corrected chi connectivity index (χ1v) is 9.49. The number of nitrogens with zero attached hydrogens (tertiary/aromatic N) is 3. The molecule has 9 heteroatoms. The molecular formula is C19H28F2N4O3. The number of alkyl halides is 2. The van der Waals surface area contributed by atoms with Crippen molar-refractivity contribution in [1.82, 2.24) is 9.80 Å². The van der Waals surface area contributed by atoms with Crippen LogP contribution in [0, 0.1) is 0 Å². The van der Waals surface area contributed by atoms with E-state index in [4.69, 9.17) is 15.2 Å². The van der Waals surface area contributed by atoms with Gasteiger partial charge in [-0.05, 0) is 24.3 Å². The first-order valence-electron chi connectivity index (χ1n) is 9.49. The fraction of sp³-hybridized carbons (Fsp3) is 0.579. The Kier molecular flexibility index (Phi) is 7.84. The highest BCUT2D eigenvalue weighted by Crippen LogP contribution is 2.23. The number of halogens is 2. The predicted octanol–water partition coefficient (Wildman–Crippen LogP) is 1.51. The Labute approximate surface area is 164 Å². The van der Waals surface area contributed by atoms with Crippen LogP contribution >= 0.6 is 0 Å². The van der Waals surface area contributed by atoms with Crippen LogP contribution in [-0.4, -0.2) is 81.7 Å². The van der Waals surface area contributed by atoms with Crippen molar-refractivity contribution in [2.75, 3.05) is 64.1 Å². The average molecular weight is 398 g/mol. The topological polar surface area (TPSA) is 63.4 Å². The maximum Gasteiger partial charge on any atom is 0.387 e. The molecule has 2 N–H and O–H groups in total. The molecule has 2 heterocycles. The van der Waals surface area contributed by atoms with Crippen LogP contribution in [0.5, 0.6) is 5.75 Å². The van der Waals surface area contributed by atoms with Crippen LogP contribution in [0.3, 0.4) is 0 Å². The summed E-state index contributed by atoms with van der Waals surface area (Å²) in [6.45, 7) is 3.95. The van der Waals surface area contributed by atoms with Gasteiger partial charge < -0.3 is 29.7 Å². The summed E-state index contributed by atoms with van der Waals surface area (Å²) in [7, 11) is 0. The van der Waals surface area contributed by atoms with E-state index < -0.39 is 6.61 Å². The summed E-state index contributed by atoms with van der Waals surface area (Å²) in [4.78, 5) is 6.50. The molecule has 0 spiro atoms. The van der Waals surface area contributed by atoms with Gasteiger partial charge in [0.15, 0.2) is 0 Å². The lowest BCUT2D eigenvalue weighted by molar-refractivity contribution is -0.0498. The monoisotopic (exact) mass is 398 g/mol. The molecule has 156 valence electrons. The van der Waals surface area contributed by atoms with Crippen LogP contribution in [0.4, 0.5) is 14.5 Å². The molecule has 7 nitrogen and oxygen atoms in total. The van der Waals surface area contributed by atoms with Crippen molar-refractivity contribution in [3.63, 3.8) is 0 Å². The predicted molar refractivity (Wildman–Crippen MR) is 102 cm³/mol. The van der Waals surface area contributed by atoms with Crippen LogP contribution in [-0.2, 0) is 9.47 Å². The summed E-state index contributed by atoms with van der Waals surface area (Å²) in [6, 6.07) is 6.61. The Morgan fingerprint density at radius 1 is 1.14 bits per heavy atom. The molecule has 0 radical (unpaired) electrons. The number of morpholine rings is 1. The second kappa shape index (κ2) is 10.6. The van der Waals surface area contributed by atoms with Crippen molar-refractivity contribution in [2.45, 2.75) is 12.7 Å². The highest BCUT2D eigenvalue weighted by molar-refractivity contribution is 5.52. The molecule has 0 aromatic heterocycles. The third kappa shape index (κ3) is 6.30. The summed E-state index contributed by atoms with van der Waals surface area (Å²) >= 11 is 0. The van der Waals surface area contributed by atoms with Crippen LogP contribution in [0.2, 0.25) is 0 Å². The quantitative estimate of drug-likeness (QED) is 0.600. The molecule has 28 heavy (non-hydrogen) atoms. The normalized spacial score (nSPS) is 20.4. The number of nitrogens with two attached hydrogens (primary N) is 1. The minimum absolute atomic E-state index is 0.130. The molecule has 1 atom stereocenters. The number of ether oxygens (including phenoxy) is 3. The van der Waals surface area contributed by atoms with E-state index in [2.05, 4.69) is 14.5 Å². The molecule has 1 aromatic rings. The van der Waals surface area contributed by atoms with E-state index in [-0.39, 0.29) is 11.9 Å². The number of anilines is 1. The minimum atomic E-state index is -2.81. The first-order chi connectivity index (χ1) is 13.6. The van der Waals surface area contributed by atoms with Crippen LogP contribution in [0.25, 0.3) is 0 Å². The fourth-order valence-corrected chi connectivity index (χ4v) is 3.20. The molecule has 1 aromatic carbocycles. The highest BCUT2D eigenvalue weighted by Gasteiger charge is 2.19. The molecule has 0 amide bonds. The molecule has 0 bridgehead atoms. The third-order valence-electron chi connectivity index (χ3n) is 4.75. The standard InChI is InChI=1S/C19H28F2N4O3/c20-19(21)28-17-3-1-16(2-4-17)25-6-5-24(15-25)8-11-26-10-7-23-9-12-27-18(13-22)14-23/h1-6,18-19H,7-15,22H2. The Bertz CT molecular complexity index is 618. The van der Waals surface area contributed by atoms with E-state index in [1.165, 1.54) is 0 Å². The molecule has 2 aliphatic rings. The molecule has 1 saturated heterocycles. The van der Waals surface area contributed by atoms with E-state index >= 15 is 0 Å². The second-order valence-electron chi connectivity index (χ2n) is 6.74. The van der Waals surface area contributed by atoms with Crippen LogP contribution < -0.4 is 15.4 Å². The summed E-state index contributed by atoms with van der Waals surface area (Å²) < 4.78 is 40.1. The van der Waals surface area contributed by atoms with Gasteiger partial charge in [-0.1, -0.05) is 0 Å². The number of benzene rings is 1.